The summed E-state index contributed by atoms with van der Waals surface area (Å²) in [6.45, 7) is 3.25. The van der Waals surface area contributed by atoms with Crippen molar-refractivity contribution in [3.05, 3.63) is 64.7 Å². The van der Waals surface area contributed by atoms with Crippen molar-refractivity contribution < 1.29 is 4.79 Å². The number of rotatable bonds is 1. The second kappa shape index (κ2) is 5.21. The quantitative estimate of drug-likeness (QED) is 0.846. The van der Waals surface area contributed by atoms with Crippen LogP contribution in [0, 0.1) is 6.92 Å². The number of benzene rings is 2. The fourth-order valence-corrected chi connectivity index (χ4v) is 3.18. The lowest BCUT2D eigenvalue weighted by molar-refractivity contribution is -0.124. The molecule has 0 bridgehead atoms. The van der Waals surface area contributed by atoms with Crippen LogP contribution in [-0.4, -0.2) is 22.8 Å². The van der Waals surface area contributed by atoms with E-state index in [0.29, 0.717) is 18.8 Å². The van der Waals surface area contributed by atoms with Gasteiger partial charge in [0.05, 0.1) is 0 Å². The number of nitrogens with two attached hydrogens (primary N) is 1. The van der Waals surface area contributed by atoms with Crippen LogP contribution in [0.5, 0.6) is 0 Å². The molecule has 0 radical (unpaired) electrons. The first-order chi connectivity index (χ1) is 11.1. The Kier molecular flexibility index (Phi) is 3.16. The van der Waals surface area contributed by atoms with Gasteiger partial charge in [0.15, 0.2) is 6.29 Å². The van der Waals surface area contributed by atoms with Crippen molar-refractivity contribution in [3.8, 4) is 0 Å². The first-order valence-corrected chi connectivity index (χ1v) is 7.69. The van der Waals surface area contributed by atoms with Gasteiger partial charge < -0.3 is 10.2 Å². The largest absolute Gasteiger partial charge is 0.351 e. The predicted octanol–water partition coefficient (Wildman–Crippen LogP) is 1.99. The van der Waals surface area contributed by atoms with Gasteiger partial charge in [-0.25, -0.2) is 4.99 Å². The van der Waals surface area contributed by atoms with E-state index in [4.69, 9.17) is 5.73 Å². The first-order valence-electron chi connectivity index (χ1n) is 7.69. The number of amides is 1. The van der Waals surface area contributed by atoms with Crippen LogP contribution in [0.4, 0.5) is 5.69 Å². The van der Waals surface area contributed by atoms with E-state index < -0.39 is 6.29 Å². The van der Waals surface area contributed by atoms with Crippen molar-refractivity contribution in [1.29, 1.82) is 0 Å². The Balaban J connectivity index is 1.68. The molecule has 0 aromatic heterocycles. The number of hydrogen-bond donors (Lipinski definition) is 2. The lowest BCUT2D eigenvalue weighted by Gasteiger charge is -2.25. The summed E-state index contributed by atoms with van der Waals surface area (Å²) in [5.74, 6) is -0.0648. The third-order valence-electron chi connectivity index (χ3n) is 4.33. The van der Waals surface area contributed by atoms with Gasteiger partial charge in [-0.2, -0.15) is 0 Å². The molecule has 0 spiro atoms. The summed E-state index contributed by atoms with van der Waals surface area (Å²) in [5.41, 5.74) is 11.5. The smallest absolute Gasteiger partial charge is 0.273 e. The molecule has 116 valence electrons. The fraction of sp³-hybridized carbons (Fsp3) is 0.222. The molecule has 0 fully saturated rings. The summed E-state index contributed by atoms with van der Waals surface area (Å²) >= 11 is 0. The van der Waals surface area contributed by atoms with Crippen LogP contribution in [-0.2, 0) is 17.9 Å². The highest BCUT2D eigenvalue weighted by Gasteiger charge is 2.30. The molecular weight excluding hydrogens is 288 g/mol. The molecule has 0 saturated carbocycles. The molecule has 0 saturated heterocycles. The number of hydrogen-bond acceptors (Lipinski definition) is 4. The topological polar surface area (TPSA) is 70.7 Å². The van der Waals surface area contributed by atoms with Crippen molar-refractivity contribution in [2.24, 2.45) is 10.7 Å². The van der Waals surface area contributed by atoms with Crippen molar-refractivity contribution in [1.82, 2.24) is 4.90 Å². The predicted molar refractivity (Wildman–Crippen MR) is 90.0 cm³/mol. The normalized spacial score (nSPS) is 18.8. The van der Waals surface area contributed by atoms with Gasteiger partial charge >= 0.3 is 0 Å². The highest BCUT2D eigenvalue weighted by molar-refractivity contribution is 6.46. The highest BCUT2D eigenvalue weighted by Crippen LogP contribution is 2.27. The minimum absolute atomic E-state index is 0.0648. The van der Waals surface area contributed by atoms with E-state index in [1.54, 1.807) is 0 Å². The zero-order valence-electron chi connectivity index (χ0n) is 12.9. The van der Waals surface area contributed by atoms with Crippen molar-refractivity contribution >= 4 is 17.3 Å². The summed E-state index contributed by atoms with van der Waals surface area (Å²) in [6.07, 6.45) is -0.589. The van der Waals surface area contributed by atoms with Crippen molar-refractivity contribution in [2.45, 2.75) is 26.3 Å². The Morgan fingerprint density at radius 2 is 1.91 bits per heavy atom. The SMILES string of the molecule is Cc1ccc2c(c1)C(C(=O)N1Cc3ccccc3C1)=NC(N)N2. The average Bonchev–Trinajstić information content (AvgIpc) is 2.98. The molecule has 1 unspecified atom stereocenters. The van der Waals surface area contributed by atoms with Gasteiger partial charge in [0.2, 0.25) is 0 Å². The molecule has 2 aliphatic heterocycles. The van der Waals surface area contributed by atoms with Crippen LogP contribution in [0.1, 0.15) is 22.3 Å². The van der Waals surface area contributed by atoms with Gasteiger partial charge in [-0.05, 0) is 30.2 Å². The lowest BCUT2D eigenvalue weighted by Crippen LogP contribution is -2.40. The van der Waals surface area contributed by atoms with E-state index in [1.807, 2.05) is 42.2 Å². The third kappa shape index (κ3) is 2.39. The molecule has 2 aromatic carbocycles. The van der Waals surface area contributed by atoms with Crippen molar-refractivity contribution in [2.75, 3.05) is 5.32 Å². The van der Waals surface area contributed by atoms with Gasteiger partial charge in [0, 0.05) is 24.3 Å². The van der Waals surface area contributed by atoms with E-state index in [-0.39, 0.29) is 5.91 Å². The molecule has 5 heteroatoms. The minimum Gasteiger partial charge on any atom is -0.351 e. The van der Waals surface area contributed by atoms with Crippen LogP contribution in [0.25, 0.3) is 0 Å². The second-order valence-electron chi connectivity index (χ2n) is 6.05. The molecule has 1 amide bonds. The number of aryl methyl sites for hydroxylation is 1. The van der Waals surface area contributed by atoms with Gasteiger partial charge in [-0.15, -0.1) is 0 Å². The minimum atomic E-state index is -0.589. The Bertz CT molecular complexity index is 803. The zero-order valence-corrected chi connectivity index (χ0v) is 12.9. The van der Waals surface area contributed by atoms with Crippen LogP contribution in [0.3, 0.4) is 0 Å². The molecule has 0 aliphatic carbocycles. The van der Waals surface area contributed by atoms with Gasteiger partial charge in [-0.3, -0.25) is 10.5 Å². The lowest BCUT2D eigenvalue weighted by atomic mass is 10.0. The number of nitrogens with zero attached hydrogens (tertiary/aromatic N) is 2. The number of aliphatic imine (C=N–C) groups is 1. The molecular formula is C18H18N4O. The average molecular weight is 306 g/mol. The Morgan fingerprint density at radius 3 is 2.61 bits per heavy atom. The van der Waals surface area contributed by atoms with E-state index in [9.17, 15) is 4.79 Å². The summed E-state index contributed by atoms with van der Waals surface area (Å²) in [6, 6.07) is 14.1. The van der Waals surface area contributed by atoms with Crippen LogP contribution in [0.2, 0.25) is 0 Å². The first kappa shape index (κ1) is 14.0. The second-order valence-corrected chi connectivity index (χ2v) is 6.05. The molecule has 2 aliphatic rings. The van der Waals surface area contributed by atoms with Crippen molar-refractivity contribution in [3.63, 3.8) is 0 Å². The van der Waals surface area contributed by atoms with Gasteiger partial charge in [0.25, 0.3) is 5.91 Å². The van der Waals surface area contributed by atoms with E-state index >= 15 is 0 Å². The molecule has 1 atom stereocenters. The maximum Gasteiger partial charge on any atom is 0.273 e. The van der Waals surface area contributed by atoms with Crippen LogP contribution in [0.15, 0.2) is 47.5 Å². The van der Waals surface area contributed by atoms with Crippen LogP contribution >= 0.6 is 0 Å². The summed E-state index contributed by atoms with van der Waals surface area (Å²) < 4.78 is 0. The van der Waals surface area contributed by atoms with E-state index in [2.05, 4.69) is 22.4 Å². The van der Waals surface area contributed by atoms with Crippen LogP contribution < -0.4 is 11.1 Å². The standard InChI is InChI=1S/C18H18N4O/c1-11-6-7-15-14(8-11)16(21-18(19)20-15)17(23)22-9-12-4-2-3-5-13(12)10-22/h2-8,18,20H,9-10,19H2,1H3. The summed E-state index contributed by atoms with van der Waals surface area (Å²) in [7, 11) is 0. The highest BCUT2D eigenvalue weighted by atomic mass is 16.2. The molecule has 2 heterocycles. The number of nitrogens with one attached hydrogen (secondary N) is 1. The summed E-state index contributed by atoms with van der Waals surface area (Å²) in [5, 5.41) is 3.10. The van der Waals surface area contributed by atoms with E-state index in [0.717, 1.165) is 16.8 Å². The number of anilines is 1. The number of carbonyl (C=O) groups excluding carboxylic acids is 1. The third-order valence-corrected chi connectivity index (χ3v) is 4.33. The van der Waals surface area contributed by atoms with Gasteiger partial charge in [-0.1, -0.05) is 35.9 Å². The Labute approximate surface area is 134 Å². The summed E-state index contributed by atoms with van der Waals surface area (Å²) in [4.78, 5) is 19.2. The molecule has 2 aromatic rings. The zero-order chi connectivity index (χ0) is 16.0. The molecule has 23 heavy (non-hydrogen) atoms. The number of fused-ring (bicyclic) bond motifs is 2. The maximum absolute atomic E-state index is 13.0. The molecule has 3 N–H and O–H groups in total. The Hall–Kier alpha value is -2.66. The fourth-order valence-electron chi connectivity index (χ4n) is 3.18. The molecule has 5 nitrogen and oxygen atoms in total. The molecule has 4 rings (SSSR count). The monoisotopic (exact) mass is 306 g/mol. The Morgan fingerprint density at radius 1 is 1.22 bits per heavy atom. The maximum atomic E-state index is 13.0. The van der Waals surface area contributed by atoms with E-state index in [1.165, 1.54) is 11.1 Å². The number of carbonyl (C=O) groups is 1. The van der Waals surface area contributed by atoms with Gasteiger partial charge in [0.1, 0.15) is 5.71 Å².